The van der Waals surface area contributed by atoms with Gasteiger partial charge in [-0.05, 0) is 17.5 Å². The molecule has 0 aliphatic heterocycles. The fraction of sp³-hybridized carbons (Fsp3) is 0.333. The number of hydrogen-bond acceptors (Lipinski definition) is 4. The summed E-state index contributed by atoms with van der Waals surface area (Å²) in [5.41, 5.74) is 1.78. The zero-order valence-electron chi connectivity index (χ0n) is 13.3. The number of benzene rings is 2. The third-order valence-electron chi connectivity index (χ3n) is 3.42. The summed E-state index contributed by atoms with van der Waals surface area (Å²) in [6, 6.07) is 18.9. The first-order valence-electron chi connectivity index (χ1n) is 7.79. The zero-order valence-corrected chi connectivity index (χ0v) is 14.2. The smallest absolute Gasteiger partial charge is 0.359 e. The van der Waals surface area contributed by atoms with Gasteiger partial charge in [-0.3, -0.25) is 4.57 Å². The third-order valence-corrected chi connectivity index (χ3v) is 5.39. The lowest BCUT2D eigenvalue weighted by molar-refractivity contribution is 0.128. The van der Waals surface area contributed by atoms with Gasteiger partial charge >= 0.3 is 7.60 Å². The second kappa shape index (κ2) is 8.99. The van der Waals surface area contributed by atoms with Crippen LogP contribution >= 0.6 is 7.60 Å². The van der Waals surface area contributed by atoms with E-state index in [1.807, 2.05) is 67.6 Å². The predicted octanol–water partition coefficient (Wildman–Crippen LogP) is 4.73. The molecule has 4 nitrogen and oxygen atoms in total. The second-order valence-electron chi connectivity index (χ2n) is 5.33. The van der Waals surface area contributed by atoms with E-state index in [9.17, 15) is 9.67 Å². The van der Waals surface area contributed by atoms with E-state index in [1.54, 1.807) is 0 Å². The van der Waals surface area contributed by atoms with Crippen molar-refractivity contribution < 1.29 is 18.7 Å². The highest BCUT2D eigenvalue weighted by Gasteiger charge is 2.34. The van der Waals surface area contributed by atoms with Crippen molar-refractivity contribution in [1.82, 2.24) is 0 Å². The van der Waals surface area contributed by atoms with Crippen molar-refractivity contribution in [3.8, 4) is 0 Å². The van der Waals surface area contributed by atoms with Gasteiger partial charge in [0.25, 0.3) is 0 Å². The van der Waals surface area contributed by atoms with Crippen LogP contribution in [0.25, 0.3) is 0 Å². The molecule has 0 radical (unpaired) electrons. The van der Waals surface area contributed by atoms with Gasteiger partial charge in [-0.2, -0.15) is 0 Å². The first-order chi connectivity index (χ1) is 11.1. The molecule has 2 rings (SSSR count). The Morgan fingerprint density at radius 2 is 1.35 bits per heavy atom. The Hall–Kier alpha value is -1.45. The van der Waals surface area contributed by atoms with Gasteiger partial charge < -0.3 is 14.2 Å². The molecule has 2 aromatic rings. The van der Waals surface area contributed by atoms with E-state index in [0.717, 1.165) is 11.1 Å². The molecule has 1 atom stereocenters. The van der Waals surface area contributed by atoms with Gasteiger partial charge in [-0.25, -0.2) is 0 Å². The quantitative estimate of drug-likeness (QED) is 0.674. The monoisotopic (exact) mass is 334 g/mol. The van der Waals surface area contributed by atoms with Gasteiger partial charge in [0, 0.05) is 0 Å². The van der Waals surface area contributed by atoms with Crippen LogP contribution in [0.1, 0.15) is 30.9 Å². The Bertz CT molecular complexity index is 568. The molecule has 0 fully saturated rings. The minimum absolute atomic E-state index is 0.147. The largest absolute Gasteiger partial charge is 0.380 e. The van der Waals surface area contributed by atoms with Crippen LogP contribution in [0.3, 0.4) is 0 Å². The molecule has 0 unspecified atom stereocenters. The summed E-state index contributed by atoms with van der Waals surface area (Å²) < 4.78 is 24.0. The topological polar surface area (TPSA) is 55.8 Å². The van der Waals surface area contributed by atoms with Crippen molar-refractivity contribution in [3.63, 3.8) is 0 Å². The number of aliphatic hydroxyl groups is 1. The molecule has 0 aliphatic rings. The lowest BCUT2D eigenvalue weighted by Gasteiger charge is -2.23. The van der Waals surface area contributed by atoms with Gasteiger partial charge in [-0.1, -0.05) is 74.0 Å². The van der Waals surface area contributed by atoms with Crippen LogP contribution in [-0.4, -0.2) is 11.0 Å². The summed E-state index contributed by atoms with van der Waals surface area (Å²) in [5.74, 6) is -1.11. The molecule has 0 saturated heterocycles. The third kappa shape index (κ3) is 5.60. The molecule has 0 heterocycles. The molecule has 0 amide bonds. The minimum atomic E-state index is -3.60. The molecule has 5 heteroatoms. The van der Waals surface area contributed by atoms with E-state index in [1.165, 1.54) is 0 Å². The number of hydrogen-bond donors (Lipinski definition) is 1. The maximum atomic E-state index is 13.0. The first kappa shape index (κ1) is 17.9. The van der Waals surface area contributed by atoms with E-state index in [2.05, 4.69) is 0 Å². The van der Waals surface area contributed by atoms with Crippen molar-refractivity contribution in [3.05, 3.63) is 71.8 Å². The second-order valence-corrected chi connectivity index (χ2v) is 7.52. The van der Waals surface area contributed by atoms with Crippen LogP contribution < -0.4 is 0 Å². The molecule has 0 aliphatic carbocycles. The van der Waals surface area contributed by atoms with Gasteiger partial charge in [0.05, 0.1) is 13.2 Å². The molecule has 0 bridgehead atoms. The van der Waals surface area contributed by atoms with E-state index in [-0.39, 0.29) is 13.2 Å². The molecular weight excluding hydrogens is 311 g/mol. The van der Waals surface area contributed by atoms with Crippen molar-refractivity contribution in [2.75, 3.05) is 0 Å². The Morgan fingerprint density at radius 1 is 0.913 bits per heavy atom. The average Bonchev–Trinajstić information content (AvgIpc) is 2.60. The standard InChI is InChI=1S/C18H23O4P/c1-2-9-18(19)23(20,21-14-16-10-5-3-6-11-16)22-15-17-12-7-4-8-13-17/h3-8,10-13,18-19H,2,9,14-15H2,1H3/t18-/m1/s1. The normalized spacial score (nSPS) is 13.0. The summed E-state index contributed by atoms with van der Waals surface area (Å²) in [5, 5.41) is 10.2. The summed E-state index contributed by atoms with van der Waals surface area (Å²) in [6.07, 6.45) is 1.08. The van der Waals surface area contributed by atoms with Crippen LogP contribution in [0.15, 0.2) is 60.7 Å². The molecule has 0 aromatic heterocycles. The highest BCUT2D eigenvalue weighted by atomic mass is 31.2. The summed E-state index contributed by atoms with van der Waals surface area (Å²) >= 11 is 0. The van der Waals surface area contributed by atoms with Crippen LogP contribution in [0.5, 0.6) is 0 Å². The lowest BCUT2D eigenvalue weighted by Crippen LogP contribution is -2.12. The molecule has 0 spiro atoms. The fourth-order valence-electron chi connectivity index (χ4n) is 2.10. The maximum absolute atomic E-state index is 13.0. The summed E-state index contributed by atoms with van der Waals surface area (Å²) in [6.45, 7) is 2.21. The van der Waals surface area contributed by atoms with Gasteiger partial charge in [0.1, 0.15) is 0 Å². The van der Waals surface area contributed by atoms with Crippen LogP contribution in [0, 0.1) is 0 Å². The van der Waals surface area contributed by atoms with E-state index in [0.29, 0.717) is 12.8 Å². The number of aliphatic hydroxyl groups excluding tert-OH is 1. The minimum Gasteiger partial charge on any atom is -0.380 e. The maximum Gasteiger partial charge on any atom is 0.359 e. The fourth-order valence-corrected chi connectivity index (χ4v) is 3.75. The summed E-state index contributed by atoms with van der Waals surface area (Å²) in [4.78, 5) is 0. The summed E-state index contributed by atoms with van der Waals surface area (Å²) in [7, 11) is -3.60. The Labute approximate surface area is 137 Å². The van der Waals surface area contributed by atoms with Gasteiger partial charge in [-0.15, -0.1) is 0 Å². The molecule has 23 heavy (non-hydrogen) atoms. The number of rotatable bonds is 9. The lowest BCUT2D eigenvalue weighted by atomic mass is 10.2. The SMILES string of the molecule is CCC[C@H](O)P(=O)(OCc1ccccc1)OCc1ccccc1. The zero-order chi connectivity index (χ0) is 16.5. The van der Waals surface area contributed by atoms with Gasteiger partial charge in [0.15, 0.2) is 5.85 Å². The molecular formula is C18H23O4P. The van der Waals surface area contributed by atoms with Crippen LogP contribution in [0.2, 0.25) is 0 Å². The Morgan fingerprint density at radius 3 is 1.74 bits per heavy atom. The Kier molecular flexibility index (Phi) is 7.00. The predicted molar refractivity (Wildman–Crippen MR) is 91.0 cm³/mol. The molecule has 0 saturated carbocycles. The Balaban J connectivity index is 2.03. The highest BCUT2D eigenvalue weighted by molar-refractivity contribution is 7.54. The molecule has 124 valence electrons. The highest BCUT2D eigenvalue weighted by Crippen LogP contribution is 2.54. The van der Waals surface area contributed by atoms with Crippen LogP contribution in [-0.2, 0) is 26.8 Å². The van der Waals surface area contributed by atoms with E-state index >= 15 is 0 Å². The van der Waals surface area contributed by atoms with E-state index < -0.39 is 13.4 Å². The molecule has 1 N–H and O–H groups in total. The van der Waals surface area contributed by atoms with E-state index in [4.69, 9.17) is 9.05 Å². The van der Waals surface area contributed by atoms with Crippen molar-refractivity contribution in [2.45, 2.75) is 38.8 Å². The van der Waals surface area contributed by atoms with Crippen molar-refractivity contribution >= 4 is 7.60 Å². The molecule has 2 aromatic carbocycles. The first-order valence-corrected chi connectivity index (χ1v) is 9.40. The van der Waals surface area contributed by atoms with Crippen LogP contribution in [0.4, 0.5) is 0 Å². The average molecular weight is 334 g/mol. The van der Waals surface area contributed by atoms with Crippen molar-refractivity contribution in [2.24, 2.45) is 0 Å². The van der Waals surface area contributed by atoms with Gasteiger partial charge in [0.2, 0.25) is 0 Å². The van der Waals surface area contributed by atoms with Crippen molar-refractivity contribution in [1.29, 1.82) is 0 Å².